The lowest BCUT2D eigenvalue weighted by molar-refractivity contribution is -0.385. The summed E-state index contributed by atoms with van der Waals surface area (Å²) in [5, 5.41) is 11.1. The number of rotatable bonds is 9. The Labute approximate surface area is 176 Å². The summed E-state index contributed by atoms with van der Waals surface area (Å²) in [7, 11) is -4.28. The zero-order valence-corrected chi connectivity index (χ0v) is 18.3. The van der Waals surface area contributed by atoms with E-state index in [1.165, 1.54) is 18.2 Å². The van der Waals surface area contributed by atoms with Crippen molar-refractivity contribution in [1.82, 2.24) is 0 Å². The normalized spacial score (nSPS) is 11.4. The van der Waals surface area contributed by atoms with Gasteiger partial charge in [-0.25, -0.2) is 8.42 Å². The van der Waals surface area contributed by atoms with E-state index in [4.69, 9.17) is 4.74 Å². The van der Waals surface area contributed by atoms with Gasteiger partial charge in [0.1, 0.15) is 6.54 Å². The number of para-hydroxylation sites is 1. The van der Waals surface area contributed by atoms with Crippen LogP contribution < -0.4 is 4.31 Å². The highest BCUT2D eigenvalue weighted by Crippen LogP contribution is 2.32. The van der Waals surface area contributed by atoms with E-state index in [-0.39, 0.29) is 10.6 Å². The number of anilines is 1. The molecule has 0 amide bonds. The van der Waals surface area contributed by atoms with Gasteiger partial charge in [-0.05, 0) is 43.9 Å². The van der Waals surface area contributed by atoms with Crippen LogP contribution in [0.5, 0.6) is 0 Å². The van der Waals surface area contributed by atoms with Gasteiger partial charge < -0.3 is 4.74 Å². The molecule has 0 aromatic heterocycles. The molecule has 0 N–H and O–H groups in total. The first kappa shape index (κ1) is 23.3. The Morgan fingerprint density at radius 1 is 1.10 bits per heavy atom. The predicted octanol–water partition coefficient (Wildman–Crippen LogP) is 3.87. The van der Waals surface area contributed by atoms with Crippen LogP contribution in [0.4, 0.5) is 11.4 Å². The molecule has 0 radical (unpaired) electrons. The third-order valence-corrected chi connectivity index (χ3v) is 6.21. The number of sulfonamides is 1. The van der Waals surface area contributed by atoms with E-state index in [1.54, 1.807) is 26.0 Å². The molecule has 8 nitrogen and oxygen atoms in total. The number of ether oxygens (including phenoxy) is 1. The van der Waals surface area contributed by atoms with Crippen molar-refractivity contribution in [2.45, 2.75) is 51.5 Å². The number of nitro groups is 1. The van der Waals surface area contributed by atoms with Gasteiger partial charge in [-0.2, -0.15) is 0 Å². The number of nitro benzene ring substituents is 1. The summed E-state index contributed by atoms with van der Waals surface area (Å²) in [6.07, 6.45) is 0.680. The molecule has 0 bridgehead atoms. The fourth-order valence-electron chi connectivity index (χ4n) is 3.12. The van der Waals surface area contributed by atoms with Crippen molar-refractivity contribution in [1.29, 1.82) is 0 Å². The summed E-state index contributed by atoms with van der Waals surface area (Å²) in [5.74, 6) is -0.702. The van der Waals surface area contributed by atoms with Gasteiger partial charge >= 0.3 is 5.97 Å². The van der Waals surface area contributed by atoms with Crippen molar-refractivity contribution in [2.75, 3.05) is 10.8 Å². The molecule has 0 aliphatic carbocycles. The smallest absolute Gasteiger partial charge is 0.327 e. The lowest BCUT2D eigenvalue weighted by Gasteiger charge is -2.28. The molecular weight excluding hydrogens is 408 g/mol. The van der Waals surface area contributed by atoms with Crippen LogP contribution in [-0.4, -0.2) is 32.0 Å². The van der Waals surface area contributed by atoms with E-state index in [0.717, 1.165) is 21.5 Å². The Kier molecular flexibility index (Phi) is 7.55. The molecule has 0 heterocycles. The Balaban J connectivity index is 2.70. The third-order valence-electron chi connectivity index (χ3n) is 4.47. The molecule has 30 heavy (non-hydrogen) atoms. The molecule has 0 aliphatic heterocycles. The molecule has 2 aromatic rings. The van der Waals surface area contributed by atoms with Gasteiger partial charge in [-0.1, -0.05) is 38.1 Å². The predicted molar refractivity (Wildman–Crippen MR) is 114 cm³/mol. The summed E-state index contributed by atoms with van der Waals surface area (Å²) in [5.41, 5.74) is 1.57. The number of hydrogen-bond donors (Lipinski definition) is 0. The van der Waals surface area contributed by atoms with Crippen LogP contribution >= 0.6 is 0 Å². The lowest BCUT2D eigenvalue weighted by Crippen LogP contribution is -2.38. The highest BCUT2D eigenvalue weighted by atomic mass is 32.2. The Bertz CT molecular complexity index is 1010. The van der Waals surface area contributed by atoms with E-state index in [0.29, 0.717) is 18.5 Å². The highest BCUT2D eigenvalue weighted by molar-refractivity contribution is 7.92. The molecule has 0 saturated heterocycles. The molecule has 2 rings (SSSR count). The number of aryl methyl sites for hydroxylation is 2. The minimum absolute atomic E-state index is 0.262. The van der Waals surface area contributed by atoms with Gasteiger partial charge in [0.15, 0.2) is 0 Å². The number of hydrogen-bond acceptors (Lipinski definition) is 6. The van der Waals surface area contributed by atoms with Crippen molar-refractivity contribution in [2.24, 2.45) is 0 Å². The SMILES string of the molecule is CCc1cccc(CC)c1N(CC(=O)OC(C)C)S(=O)(=O)c1cccc([N+](=O)[O-])c1. The summed E-state index contributed by atoms with van der Waals surface area (Å²) < 4.78 is 33.3. The summed E-state index contributed by atoms with van der Waals surface area (Å²) in [6.45, 7) is 6.60. The van der Waals surface area contributed by atoms with Gasteiger partial charge in [0.2, 0.25) is 0 Å². The minimum atomic E-state index is -4.28. The number of carbonyl (C=O) groups excluding carboxylic acids is 1. The van der Waals surface area contributed by atoms with E-state index in [2.05, 4.69) is 0 Å². The molecule has 2 aromatic carbocycles. The largest absolute Gasteiger partial charge is 0.462 e. The van der Waals surface area contributed by atoms with E-state index >= 15 is 0 Å². The molecule has 0 unspecified atom stereocenters. The fourth-order valence-corrected chi connectivity index (χ4v) is 4.65. The number of carbonyl (C=O) groups is 1. The summed E-state index contributed by atoms with van der Waals surface area (Å²) in [4.78, 5) is 22.7. The quantitative estimate of drug-likeness (QED) is 0.337. The first-order chi connectivity index (χ1) is 14.1. The second-order valence-electron chi connectivity index (χ2n) is 6.94. The van der Waals surface area contributed by atoms with Crippen LogP contribution in [0.3, 0.4) is 0 Å². The first-order valence-electron chi connectivity index (χ1n) is 9.69. The molecule has 9 heteroatoms. The third kappa shape index (κ3) is 5.15. The molecule has 162 valence electrons. The topological polar surface area (TPSA) is 107 Å². The van der Waals surface area contributed by atoms with Gasteiger partial charge in [-0.3, -0.25) is 19.2 Å². The Morgan fingerprint density at radius 2 is 1.67 bits per heavy atom. The van der Waals surface area contributed by atoms with Crippen LogP contribution in [0.2, 0.25) is 0 Å². The van der Waals surface area contributed by atoms with Gasteiger partial charge in [0, 0.05) is 12.1 Å². The minimum Gasteiger partial charge on any atom is -0.462 e. The second kappa shape index (κ2) is 9.71. The number of esters is 1. The second-order valence-corrected chi connectivity index (χ2v) is 8.80. The van der Waals surface area contributed by atoms with E-state index in [9.17, 15) is 23.3 Å². The van der Waals surface area contributed by atoms with Crippen molar-refractivity contribution in [3.8, 4) is 0 Å². The molecule has 0 spiro atoms. The maximum absolute atomic E-state index is 13.6. The zero-order valence-electron chi connectivity index (χ0n) is 17.5. The van der Waals surface area contributed by atoms with Crippen LogP contribution in [0.25, 0.3) is 0 Å². The Hall–Kier alpha value is -2.94. The number of nitrogens with zero attached hydrogens (tertiary/aromatic N) is 2. The monoisotopic (exact) mass is 434 g/mol. The van der Waals surface area contributed by atoms with Crippen molar-refractivity contribution >= 4 is 27.4 Å². The van der Waals surface area contributed by atoms with Crippen LogP contribution in [0.1, 0.15) is 38.8 Å². The van der Waals surface area contributed by atoms with E-state index < -0.39 is 33.6 Å². The Morgan fingerprint density at radius 3 is 2.17 bits per heavy atom. The molecule has 0 fully saturated rings. The first-order valence-corrected chi connectivity index (χ1v) is 11.1. The van der Waals surface area contributed by atoms with Crippen molar-refractivity contribution in [3.63, 3.8) is 0 Å². The molecule has 0 saturated carbocycles. The van der Waals surface area contributed by atoms with Gasteiger partial charge in [-0.15, -0.1) is 0 Å². The molecule has 0 atom stereocenters. The van der Waals surface area contributed by atoms with Gasteiger partial charge in [0.05, 0.1) is 21.6 Å². The van der Waals surface area contributed by atoms with E-state index in [1.807, 2.05) is 19.9 Å². The highest BCUT2D eigenvalue weighted by Gasteiger charge is 2.31. The van der Waals surface area contributed by atoms with Crippen LogP contribution in [0.15, 0.2) is 47.4 Å². The average Bonchev–Trinajstić information content (AvgIpc) is 2.70. The molecule has 0 aliphatic rings. The fraction of sp³-hybridized carbons (Fsp3) is 0.381. The maximum Gasteiger partial charge on any atom is 0.327 e. The van der Waals surface area contributed by atoms with Crippen molar-refractivity contribution < 1.29 is 22.9 Å². The zero-order chi connectivity index (χ0) is 22.5. The standard InChI is InChI=1S/C21H26N2O6S/c1-5-16-9-7-10-17(6-2)21(16)22(14-20(24)29-15(3)4)30(27,28)19-12-8-11-18(13-19)23(25)26/h7-13,15H,5-6,14H2,1-4H3. The summed E-state index contributed by atoms with van der Waals surface area (Å²) >= 11 is 0. The lowest BCUT2D eigenvalue weighted by atomic mass is 10.0. The molecular formula is C21H26N2O6S. The van der Waals surface area contributed by atoms with Crippen LogP contribution in [0, 0.1) is 10.1 Å². The number of benzene rings is 2. The summed E-state index contributed by atoms with van der Waals surface area (Å²) in [6, 6.07) is 10.2. The van der Waals surface area contributed by atoms with Crippen molar-refractivity contribution in [3.05, 3.63) is 63.7 Å². The van der Waals surface area contributed by atoms with Gasteiger partial charge in [0.25, 0.3) is 15.7 Å². The maximum atomic E-state index is 13.6. The van der Waals surface area contributed by atoms with Crippen LogP contribution in [-0.2, 0) is 32.4 Å². The number of non-ortho nitro benzene ring substituents is 1. The average molecular weight is 435 g/mol.